The summed E-state index contributed by atoms with van der Waals surface area (Å²) in [5.41, 5.74) is 4.18. The minimum absolute atomic E-state index is 0.102. The molecule has 0 aliphatic carbocycles. The third-order valence-electron chi connectivity index (χ3n) is 2.93. The van der Waals surface area contributed by atoms with E-state index >= 15 is 0 Å². The standard InChI is InChI=1S/C9H10Br2N2O4S2/c10-6-3-5(7(11)18-6)19(16,17)13-2-1-9(12,4-13)8(14)15/h3H,1-2,4,12H2,(H,14,15). The van der Waals surface area contributed by atoms with Gasteiger partial charge >= 0.3 is 5.97 Å². The molecule has 1 unspecified atom stereocenters. The topological polar surface area (TPSA) is 101 Å². The Labute approximate surface area is 130 Å². The number of aliphatic carboxylic acids is 1. The lowest BCUT2D eigenvalue weighted by molar-refractivity contribution is -0.142. The van der Waals surface area contributed by atoms with Crippen molar-refractivity contribution >= 4 is 59.2 Å². The Kier molecular flexibility index (Phi) is 4.11. The minimum Gasteiger partial charge on any atom is -0.480 e. The van der Waals surface area contributed by atoms with Gasteiger partial charge in [0.05, 0.1) is 7.57 Å². The predicted octanol–water partition coefficient (Wildman–Crippen LogP) is 1.45. The average Bonchev–Trinajstić information content (AvgIpc) is 2.84. The summed E-state index contributed by atoms with van der Waals surface area (Å²) in [6.45, 7) is -0.115. The third kappa shape index (κ3) is 2.74. The number of hydrogen-bond acceptors (Lipinski definition) is 5. The Morgan fingerprint density at radius 3 is 2.58 bits per heavy atom. The Hall–Kier alpha value is -0.000000000000000333. The van der Waals surface area contributed by atoms with Gasteiger partial charge in [0.2, 0.25) is 10.0 Å². The van der Waals surface area contributed by atoms with Crippen LogP contribution in [0, 0.1) is 0 Å². The van der Waals surface area contributed by atoms with Crippen LogP contribution in [0.15, 0.2) is 18.5 Å². The monoisotopic (exact) mass is 432 g/mol. The molecule has 1 aromatic rings. The smallest absolute Gasteiger partial charge is 0.325 e. The quantitative estimate of drug-likeness (QED) is 0.751. The van der Waals surface area contributed by atoms with Crippen molar-refractivity contribution in [2.24, 2.45) is 5.73 Å². The molecule has 6 nitrogen and oxygen atoms in total. The Bertz CT molecular complexity index is 630. The van der Waals surface area contributed by atoms with E-state index in [9.17, 15) is 13.2 Å². The molecule has 106 valence electrons. The van der Waals surface area contributed by atoms with E-state index in [-0.39, 0.29) is 24.4 Å². The van der Waals surface area contributed by atoms with Crippen LogP contribution in [0.25, 0.3) is 0 Å². The normalized spacial score (nSPS) is 24.8. The molecule has 1 saturated heterocycles. The lowest BCUT2D eigenvalue weighted by Gasteiger charge is -2.19. The van der Waals surface area contributed by atoms with Gasteiger partial charge in [-0.2, -0.15) is 4.31 Å². The van der Waals surface area contributed by atoms with Crippen molar-refractivity contribution < 1.29 is 18.3 Å². The zero-order chi connectivity index (χ0) is 14.4. The van der Waals surface area contributed by atoms with Crippen LogP contribution in [-0.2, 0) is 14.8 Å². The zero-order valence-corrected chi connectivity index (χ0v) is 14.3. The SMILES string of the molecule is NC1(C(=O)O)CCN(S(=O)(=O)c2cc(Br)sc2Br)C1. The van der Waals surface area contributed by atoms with Crippen molar-refractivity contribution in [2.75, 3.05) is 13.1 Å². The first-order chi connectivity index (χ1) is 8.67. The molecule has 1 aromatic heterocycles. The van der Waals surface area contributed by atoms with Crippen molar-refractivity contribution in [1.82, 2.24) is 4.31 Å². The van der Waals surface area contributed by atoms with E-state index in [4.69, 9.17) is 10.8 Å². The van der Waals surface area contributed by atoms with Gasteiger partial charge in [-0.25, -0.2) is 8.42 Å². The molecule has 1 atom stereocenters. The molecule has 0 bridgehead atoms. The highest BCUT2D eigenvalue weighted by Gasteiger charge is 2.46. The molecule has 3 N–H and O–H groups in total. The molecular formula is C9H10Br2N2O4S2. The van der Waals surface area contributed by atoms with Gasteiger partial charge in [-0.1, -0.05) is 0 Å². The van der Waals surface area contributed by atoms with E-state index < -0.39 is 21.5 Å². The maximum Gasteiger partial charge on any atom is 0.325 e. The van der Waals surface area contributed by atoms with E-state index in [1.807, 2.05) is 0 Å². The summed E-state index contributed by atoms with van der Waals surface area (Å²) in [5.74, 6) is -1.18. The van der Waals surface area contributed by atoms with Crippen molar-refractivity contribution in [3.05, 3.63) is 13.6 Å². The fourth-order valence-electron chi connectivity index (χ4n) is 1.82. The van der Waals surface area contributed by atoms with E-state index in [0.717, 1.165) is 4.31 Å². The van der Waals surface area contributed by atoms with Gasteiger partial charge in [-0.3, -0.25) is 4.79 Å². The third-order valence-corrected chi connectivity index (χ3v) is 7.54. The molecule has 0 saturated carbocycles. The van der Waals surface area contributed by atoms with E-state index in [0.29, 0.717) is 7.57 Å². The summed E-state index contributed by atoms with van der Waals surface area (Å²) >= 11 is 7.65. The van der Waals surface area contributed by atoms with E-state index in [1.54, 1.807) is 0 Å². The van der Waals surface area contributed by atoms with Crippen LogP contribution in [0.2, 0.25) is 0 Å². The number of carboxylic acid groups (broad SMARTS) is 1. The number of carbonyl (C=O) groups is 1. The predicted molar refractivity (Wildman–Crippen MR) is 77.6 cm³/mol. The summed E-state index contributed by atoms with van der Waals surface area (Å²) in [4.78, 5) is 11.2. The molecule has 19 heavy (non-hydrogen) atoms. The highest BCUT2D eigenvalue weighted by molar-refractivity contribution is 9.12. The van der Waals surface area contributed by atoms with Gasteiger partial charge in [0, 0.05) is 13.1 Å². The minimum atomic E-state index is -3.73. The Balaban J connectivity index is 2.33. The van der Waals surface area contributed by atoms with Gasteiger partial charge in [0.25, 0.3) is 0 Å². The number of nitrogens with two attached hydrogens (primary N) is 1. The Morgan fingerprint density at radius 2 is 2.16 bits per heavy atom. The molecule has 2 heterocycles. The maximum atomic E-state index is 12.4. The summed E-state index contributed by atoms with van der Waals surface area (Å²) < 4.78 is 27.1. The molecule has 1 fully saturated rings. The second-order valence-corrected chi connectivity index (χ2v) is 9.89. The molecular weight excluding hydrogens is 424 g/mol. The molecule has 1 aliphatic rings. The average molecular weight is 434 g/mol. The lowest BCUT2D eigenvalue weighted by Crippen LogP contribution is -2.50. The van der Waals surface area contributed by atoms with Crippen molar-refractivity contribution in [3.8, 4) is 0 Å². The summed E-state index contributed by atoms with van der Waals surface area (Å²) in [6, 6.07) is 1.49. The first-order valence-corrected chi connectivity index (χ1v) is 8.98. The first-order valence-electron chi connectivity index (χ1n) is 5.14. The number of hydrogen-bond donors (Lipinski definition) is 2. The van der Waals surface area contributed by atoms with Gasteiger partial charge in [-0.05, 0) is 44.3 Å². The number of rotatable bonds is 3. The van der Waals surface area contributed by atoms with Crippen LogP contribution in [0.3, 0.4) is 0 Å². The Morgan fingerprint density at radius 1 is 1.53 bits per heavy atom. The van der Waals surface area contributed by atoms with Crippen molar-refractivity contribution in [1.29, 1.82) is 0 Å². The second-order valence-electron chi connectivity index (χ2n) is 4.24. The zero-order valence-electron chi connectivity index (χ0n) is 9.47. The van der Waals surface area contributed by atoms with Crippen LogP contribution in [-0.4, -0.2) is 42.4 Å². The number of nitrogens with zero attached hydrogens (tertiary/aromatic N) is 1. The van der Waals surface area contributed by atoms with Crippen molar-refractivity contribution in [2.45, 2.75) is 16.9 Å². The highest BCUT2D eigenvalue weighted by Crippen LogP contribution is 2.37. The lowest BCUT2D eigenvalue weighted by atomic mass is 10.0. The maximum absolute atomic E-state index is 12.4. The largest absolute Gasteiger partial charge is 0.480 e. The summed E-state index contributed by atoms with van der Waals surface area (Å²) in [5, 5.41) is 9.02. The molecule has 1 aliphatic heterocycles. The van der Waals surface area contributed by atoms with E-state index in [2.05, 4.69) is 31.9 Å². The van der Waals surface area contributed by atoms with Crippen LogP contribution in [0.1, 0.15) is 6.42 Å². The molecule has 0 spiro atoms. The molecule has 0 radical (unpaired) electrons. The molecule has 2 rings (SSSR count). The van der Waals surface area contributed by atoms with Crippen LogP contribution in [0.4, 0.5) is 0 Å². The number of halogens is 2. The summed E-state index contributed by atoms with van der Waals surface area (Å²) in [6.07, 6.45) is 0.102. The summed E-state index contributed by atoms with van der Waals surface area (Å²) in [7, 11) is -3.73. The van der Waals surface area contributed by atoms with Crippen LogP contribution in [0.5, 0.6) is 0 Å². The fourth-order valence-corrected chi connectivity index (χ4v) is 7.09. The molecule has 0 amide bonds. The molecule has 0 aromatic carbocycles. The van der Waals surface area contributed by atoms with Crippen molar-refractivity contribution in [3.63, 3.8) is 0 Å². The van der Waals surface area contributed by atoms with Gasteiger partial charge < -0.3 is 10.8 Å². The number of thiophene rings is 1. The fraction of sp³-hybridized carbons (Fsp3) is 0.444. The van der Waals surface area contributed by atoms with Gasteiger partial charge in [0.15, 0.2) is 0 Å². The van der Waals surface area contributed by atoms with Gasteiger partial charge in [-0.15, -0.1) is 11.3 Å². The van der Waals surface area contributed by atoms with E-state index in [1.165, 1.54) is 17.4 Å². The van der Waals surface area contributed by atoms with Crippen LogP contribution < -0.4 is 5.73 Å². The first kappa shape index (κ1) is 15.4. The number of sulfonamides is 1. The highest BCUT2D eigenvalue weighted by atomic mass is 79.9. The van der Waals surface area contributed by atoms with Gasteiger partial charge in [0.1, 0.15) is 10.4 Å². The van der Waals surface area contributed by atoms with Crippen LogP contribution >= 0.6 is 43.2 Å². The number of carboxylic acids is 1. The second kappa shape index (κ2) is 5.08. The molecule has 10 heteroatoms.